The van der Waals surface area contributed by atoms with Crippen molar-refractivity contribution >= 4 is 23.6 Å². The van der Waals surface area contributed by atoms with Crippen LogP contribution in [-0.4, -0.2) is 47.2 Å². The van der Waals surface area contributed by atoms with E-state index in [9.17, 15) is 19.2 Å². The first-order valence-corrected chi connectivity index (χ1v) is 9.76. The van der Waals surface area contributed by atoms with Crippen molar-refractivity contribution in [2.45, 2.75) is 50.7 Å². The Morgan fingerprint density at radius 3 is 2.57 bits per heavy atom. The van der Waals surface area contributed by atoms with E-state index in [0.29, 0.717) is 36.2 Å². The van der Waals surface area contributed by atoms with Gasteiger partial charge in [0.1, 0.15) is 6.04 Å². The van der Waals surface area contributed by atoms with Crippen molar-refractivity contribution in [3.05, 3.63) is 34.9 Å². The van der Waals surface area contributed by atoms with Crippen molar-refractivity contribution < 1.29 is 19.2 Å². The smallest absolute Gasteiger partial charge is 0.262 e. The quantitative estimate of drug-likeness (QED) is 0.628. The highest BCUT2D eigenvalue weighted by Gasteiger charge is 2.44. The maximum absolute atomic E-state index is 12.8. The van der Waals surface area contributed by atoms with Gasteiger partial charge >= 0.3 is 0 Å². The van der Waals surface area contributed by atoms with E-state index in [0.717, 1.165) is 29.7 Å². The Hall–Kier alpha value is -2.58. The van der Waals surface area contributed by atoms with E-state index in [2.05, 4.69) is 10.6 Å². The fraction of sp³-hybridized carbons (Fsp3) is 0.500. The second kappa shape index (κ2) is 7.44. The Balaban J connectivity index is 1.46. The highest BCUT2D eigenvalue weighted by atomic mass is 16.2. The number of hydrogen-bond donors (Lipinski definition) is 3. The summed E-state index contributed by atoms with van der Waals surface area (Å²) in [5.74, 6) is -1.35. The number of carbonyl (C=O) groups excluding carboxylic acids is 4. The molecule has 1 aromatic rings. The predicted molar refractivity (Wildman–Crippen MR) is 100 cm³/mol. The third kappa shape index (κ3) is 3.33. The molecule has 4 N–H and O–H groups in total. The molecule has 4 amide bonds. The van der Waals surface area contributed by atoms with Gasteiger partial charge in [0.15, 0.2) is 0 Å². The largest absolute Gasteiger partial charge is 0.330 e. The number of nitrogens with two attached hydrogens (primary N) is 1. The number of nitrogens with one attached hydrogen (secondary N) is 2. The van der Waals surface area contributed by atoms with E-state index in [4.69, 9.17) is 5.73 Å². The van der Waals surface area contributed by atoms with Gasteiger partial charge < -0.3 is 11.1 Å². The van der Waals surface area contributed by atoms with Crippen LogP contribution in [0.15, 0.2) is 18.2 Å². The summed E-state index contributed by atoms with van der Waals surface area (Å²) >= 11 is 0. The fourth-order valence-corrected chi connectivity index (χ4v) is 4.36. The maximum Gasteiger partial charge on any atom is 0.262 e. The first-order chi connectivity index (χ1) is 13.5. The molecule has 8 nitrogen and oxygen atoms in total. The van der Waals surface area contributed by atoms with E-state index >= 15 is 0 Å². The van der Waals surface area contributed by atoms with E-state index in [1.807, 2.05) is 6.07 Å². The average Bonchev–Trinajstić information content (AvgIpc) is 3.24. The number of fused-ring (bicyclic) bond motifs is 1. The van der Waals surface area contributed by atoms with Gasteiger partial charge in [-0.25, -0.2) is 0 Å². The topological polar surface area (TPSA) is 122 Å². The second-order valence-corrected chi connectivity index (χ2v) is 7.82. The highest BCUT2D eigenvalue weighted by Crippen LogP contribution is 2.29. The van der Waals surface area contributed by atoms with Crippen molar-refractivity contribution in [2.24, 2.45) is 11.7 Å². The average molecular weight is 384 g/mol. The van der Waals surface area contributed by atoms with Gasteiger partial charge in [-0.3, -0.25) is 29.4 Å². The highest BCUT2D eigenvalue weighted by molar-refractivity contribution is 6.23. The molecule has 1 saturated carbocycles. The van der Waals surface area contributed by atoms with E-state index in [1.165, 1.54) is 0 Å². The van der Waals surface area contributed by atoms with Crippen molar-refractivity contribution in [1.29, 1.82) is 0 Å². The van der Waals surface area contributed by atoms with Crippen molar-refractivity contribution in [3.63, 3.8) is 0 Å². The van der Waals surface area contributed by atoms with Crippen LogP contribution < -0.4 is 16.4 Å². The zero-order chi connectivity index (χ0) is 19.8. The summed E-state index contributed by atoms with van der Waals surface area (Å²) in [7, 11) is 0. The first-order valence-electron chi connectivity index (χ1n) is 9.76. The first kappa shape index (κ1) is 18.8. The summed E-state index contributed by atoms with van der Waals surface area (Å²) in [6.07, 6.45) is 3.56. The normalized spacial score (nSPS) is 27.3. The van der Waals surface area contributed by atoms with E-state index in [1.54, 1.807) is 12.1 Å². The molecule has 0 radical (unpaired) electrons. The lowest BCUT2D eigenvalue weighted by Crippen LogP contribution is -2.54. The van der Waals surface area contributed by atoms with Crippen LogP contribution in [0.5, 0.6) is 0 Å². The van der Waals surface area contributed by atoms with Crippen LogP contribution in [0.2, 0.25) is 0 Å². The zero-order valence-electron chi connectivity index (χ0n) is 15.6. The van der Waals surface area contributed by atoms with Crippen LogP contribution in [0, 0.1) is 5.92 Å². The predicted octanol–water partition coefficient (Wildman–Crippen LogP) is 0.305. The lowest BCUT2D eigenvalue weighted by molar-refractivity contribution is -0.136. The van der Waals surface area contributed by atoms with Crippen molar-refractivity contribution in [1.82, 2.24) is 15.5 Å². The summed E-state index contributed by atoms with van der Waals surface area (Å²) in [6.45, 7) is 1.32. The van der Waals surface area contributed by atoms with E-state index < -0.39 is 23.8 Å². The molecule has 2 heterocycles. The molecule has 4 rings (SSSR count). The fourth-order valence-electron chi connectivity index (χ4n) is 4.36. The molecule has 1 aliphatic carbocycles. The molecule has 3 unspecified atom stereocenters. The van der Waals surface area contributed by atoms with Crippen LogP contribution in [0.3, 0.4) is 0 Å². The van der Waals surface area contributed by atoms with Crippen LogP contribution in [0.1, 0.15) is 58.4 Å². The van der Waals surface area contributed by atoms with Gasteiger partial charge in [-0.2, -0.15) is 0 Å². The van der Waals surface area contributed by atoms with Crippen LogP contribution in [-0.2, 0) is 16.1 Å². The van der Waals surface area contributed by atoms with Gasteiger partial charge in [0.2, 0.25) is 11.8 Å². The van der Waals surface area contributed by atoms with Gasteiger partial charge in [-0.15, -0.1) is 0 Å². The van der Waals surface area contributed by atoms with Gasteiger partial charge in [0.25, 0.3) is 11.8 Å². The minimum Gasteiger partial charge on any atom is -0.330 e. The minimum absolute atomic E-state index is 0.115. The summed E-state index contributed by atoms with van der Waals surface area (Å²) < 4.78 is 0. The minimum atomic E-state index is -0.932. The number of imide groups is 2. The number of piperidine rings is 1. The summed E-state index contributed by atoms with van der Waals surface area (Å²) in [5, 5.41) is 5.70. The van der Waals surface area contributed by atoms with Crippen LogP contribution in [0.25, 0.3) is 0 Å². The van der Waals surface area contributed by atoms with Crippen molar-refractivity contribution in [3.8, 4) is 0 Å². The standard InChI is InChI=1S/C20H24N4O4/c21-9-11-1-3-13(7-11)22-10-12-2-4-14-15(8-12)20(28)24(19(14)27)16-5-6-17(25)23-18(16)26/h2,4,8,11,13,16,22H,1,3,5-7,9-10,21H2,(H,23,25,26). The number of carbonyl (C=O) groups is 4. The number of rotatable bonds is 5. The van der Waals surface area contributed by atoms with Crippen LogP contribution in [0.4, 0.5) is 0 Å². The molecule has 2 aliphatic heterocycles. The zero-order valence-corrected chi connectivity index (χ0v) is 15.6. The number of benzene rings is 1. The molecule has 3 atom stereocenters. The Labute approximate surface area is 162 Å². The number of nitrogens with zero attached hydrogens (tertiary/aromatic N) is 1. The Morgan fingerprint density at radius 2 is 1.86 bits per heavy atom. The molecule has 0 bridgehead atoms. The molecule has 148 valence electrons. The molecular formula is C20H24N4O4. The van der Waals surface area contributed by atoms with Crippen LogP contribution >= 0.6 is 0 Å². The third-order valence-corrected chi connectivity index (χ3v) is 5.97. The Morgan fingerprint density at radius 1 is 1.07 bits per heavy atom. The van der Waals surface area contributed by atoms with Gasteiger partial charge in [-0.05, 0) is 55.8 Å². The molecule has 1 aromatic carbocycles. The lowest BCUT2D eigenvalue weighted by Gasteiger charge is -2.27. The molecule has 8 heteroatoms. The Kier molecular flexibility index (Phi) is 4.99. The molecule has 2 fully saturated rings. The van der Waals surface area contributed by atoms with Crippen molar-refractivity contribution in [2.75, 3.05) is 6.54 Å². The second-order valence-electron chi connectivity index (χ2n) is 7.82. The summed E-state index contributed by atoms with van der Waals surface area (Å²) in [5.41, 5.74) is 7.28. The lowest BCUT2D eigenvalue weighted by atomic mass is 10.0. The SMILES string of the molecule is NCC1CCC(NCc2ccc3c(c2)C(=O)N(C2CCC(=O)NC2=O)C3=O)C1. The molecule has 0 aromatic heterocycles. The van der Waals surface area contributed by atoms with Gasteiger partial charge in [-0.1, -0.05) is 6.07 Å². The summed E-state index contributed by atoms with van der Waals surface area (Å²) in [6, 6.07) is 4.69. The molecule has 28 heavy (non-hydrogen) atoms. The molecule has 3 aliphatic rings. The Bertz CT molecular complexity index is 853. The van der Waals surface area contributed by atoms with Gasteiger partial charge in [0, 0.05) is 19.0 Å². The van der Waals surface area contributed by atoms with E-state index in [-0.39, 0.29) is 18.7 Å². The van der Waals surface area contributed by atoms with Gasteiger partial charge in [0.05, 0.1) is 11.1 Å². The third-order valence-electron chi connectivity index (χ3n) is 5.97. The molecular weight excluding hydrogens is 360 g/mol. The summed E-state index contributed by atoms with van der Waals surface area (Å²) in [4.78, 5) is 50.0. The number of hydrogen-bond acceptors (Lipinski definition) is 6. The maximum atomic E-state index is 12.8. The molecule has 1 saturated heterocycles. The number of amides is 4. The molecule has 0 spiro atoms. The monoisotopic (exact) mass is 384 g/mol.